The van der Waals surface area contributed by atoms with Crippen molar-refractivity contribution in [2.75, 3.05) is 19.6 Å². The molecule has 1 aliphatic rings. The van der Waals surface area contributed by atoms with Crippen molar-refractivity contribution in [1.82, 2.24) is 19.4 Å². The maximum absolute atomic E-state index is 12.2. The Labute approximate surface area is 116 Å². The van der Waals surface area contributed by atoms with E-state index >= 15 is 0 Å². The summed E-state index contributed by atoms with van der Waals surface area (Å²) in [5, 5.41) is 10.1. The summed E-state index contributed by atoms with van der Waals surface area (Å²) in [5.74, 6) is 0. The lowest BCUT2D eigenvalue weighted by atomic mass is 10.3. The molecule has 1 saturated heterocycles. The molecule has 0 radical (unpaired) electrons. The Kier molecular flexibility index (Phi) is 3.75. The Hall–Kier alpha value is -1.79. The fourth-order valence-corrected chi connectivity index (χ4v) is 2.66. The van der Waals surface area contributed by atoms with Gasteiger partial charge < -0.3 is 10.0 Å². The van der Waals surface area contributed by atoms with E-state index in [-0.39, 0.29) is 12.1 Å². The van der Waals surface area contributed by atoms with Gasteiger partial charge in [-0.3, -0.25) is 9.36 Å². The molecule has 1 aliphatic heterocycles. The van der Waals surface area contributed by atoms with E-state index in [2.05, 4.69) is 14.9 Å². The predicted molar refractivity (Wildman–Crippen MR) is 75.5 cm³/mol. The third-order valence-electron chi connectivity index (χ3n) is 3.66. The molecule has 0 spiro atoms. The molecule has 6 nitrogen and oxygen atoms in total. The van der Waals surface area contributed by atoms with Gasteiger partial charge >= 0.3 is 0 Å². The van der Waals surface area contributed by atoms with Crippen LogP contribution in [0.4, 0.5) is 0 Å². The van der Waals surface area contributed by atoms with Crippen LogP contribution in [0.3, 0.4) is 0 Å². The van der Waals surface area contributed by atoms with Crippen molar-refractivity contribution in [3.8, 4) is 0 Å². The minimum atomic E-state index is -0.561. The van der Waals surface area contributed by atoms with Crippen molar-refractivity contribution in [2.24, 2.45) is 0 Å². The zero-order chi connectivity index (χ0) is 13.9. The van der Waals surface area contributed by atoms with Crippen LogP contribution in [0.2, 0.25) is 0 Å². The van der Waals surface area contributed by atoms with Crippen LogP contribution in [0.1, 0.15) is 12.8 Å². The van der Waals surface area contributed by atoms with Gasteiger partial charge in [0.25, 0.3) is 5.56 Å². The van der Waals surface area contributed by atoms with Gasteiger partial charge in [-0.1, -0.05) is 0 Å². The van der Waals surface area contributed by atoms with Gasteiger partial charge in [0.15, 0.2) is 5.52 Å². The quantitative estimate of drug-likeness (QED) is 0.865. The SMILES string of the molecule is O=c1c2ncccc2ncn1C[C@H](O)CN1CCCC1. The molecule has 1 N–H and O–H groups in total. The molecule has 0 unspecified atom stereocenters. The van der Waals surface area contributed by atoms with Crippen LogP contribution < -0.4 is 5.56 Å². The Morgan fingerprint density at radius 1 is 1.25 bits per heavy atom. The highest BCUT2D eigenvalue weighted by molar-refractivity contribution is 5.71. The van der Waals surface area contributed by atoms with Crippen LogP contribution in [-0.4, -0.2) is 50.3 Å². The normalized spacial score (nSPS) is 17.6. The minimum Gasteiger partial charge on any atom is -0.390 e. The minimum absolute atomic E-state index is 0.198. The van der Waals surface area contributed by atoms with Crippen molar-refractivity contribution in [2.45, 2.75) is 25.5 Å². The lowest BCUT2D eigenvalue weighted by Crippen LogP contribution is -2.35. The van der Waals surface area contributed by atoms with Gasteiger partial charge in [-0.15, -0.1) is 0 Å². The summed E-state index contributed by atoms with van der Waals surface area (Å²) in [6.07, 6.45) is 4.88. The number of pyridine rings is 1. The van der Waals surface area contributed by atoms with Crippen LogP contribution in [0.15, 0.2) is 29.5 Å². The molecule has 106 valence electrons. The molecule has 0 aromatic carbocycles. The maximum atomic E-state index is 12.2. The number of aromatic nitrogens is 3. The summed E-state index contributed by atoms with van der Waals surface area (Å²) in [7, 11) is 0. The van der Waals surface area contributed by atoms with Crippen molar-refractivity contribution in [3.63, 3.8) is 0 Å². The van der Waals surface area contributed by atoms with E-state index in [1.54, 1.807) is 18.3 Å². The molecule has 1 atom stereocenters. The molecule has 2 aromatic rings. The third-order valence-corrected chi connectivity index (χ3v) is 3.66. The molecule has 20 heavy (non-hydrogen) atoms. The van der Waals surface area contributed by atoms with Crippen LogP contribution in [-0.2, 0) is 6.54 Å². The summed E-state index contributed by atoms with van der Waals surface area (Å²) < 4.78 is 1.44. The number of nitrogens with zero attached hydrogens (tertiary/aromatic N) is 4. The standard InChI is InChI=1S/C14H18N4O2/c19-11(8-17-6-1-2-7-17)9-18-10-16-12-4-3-5-15-13(12)14(18)20/h3-5,10-11,19H,1-2,6-9H2/t11-/m1/s1. The number of hydrogen-bond donors (Lipinski definition) is 1. The zero-order valence-corrected chi connectivity index (χ0v) is 11.3. The monoisotopic (exact) mass is 274 g/mol. The number of β-amino-alcohol motifs (C(OH)–C–C–N with tert-alkyl or cyclic N) is 1. The molecule has 6 heteroatoms. The maximum Gasteiger partial charge on any atom is 0.279 e. The number of likely N-dealkylation sites (tertiary alicyclic amines) is 1. The summed E-state index contributed by atoms with van der Waals surface area (Å²) in [6, 6.07) is 3.51. The van der Waals surface area contributed by atoms with Gasteiger partial charge in [-0.25, -0.2) is 9.97 Å². The fraction of sp³-hybridized carbons (Fsp3) is 0.500. The average Bonchev–Trinajstić information content (AvgIpc) is 2.95. The Balaban J connectivity index is 1.76. The summed E-state index contributed by atoms with van der Waals surface area (Å²) in [4.78, 5) is 22.7. The molecule has 1 fully saturated rings. The van der Waals surface area contributed by atoms with Gasteiger partial charge in [0.1, 0.15) is 0 Å². The first-order valence-corrected chi connectivity index (χ1v) is 6.94. The number of aliphatic hydroxyl groups is 1. The first-order valence-electron chi connectivity index (χ1n) is 6.94. The molecular formula is C14H18N4O2. The summed E-state index contributed by atoms with van der Waals surface area (Å²) >= 11 is 0. The van der Waals surface area contributed by atoms with Crippen LogP contribution in [0, 0.1) is 0 Å². The van der Waals surface area contributed by atoms with Gasteiger partial charge in [0, 0.05) is 12.7 Å². The Morgan fingerprint density at radius 3 is 2.85 bits per heavy atom. The van der Waals surface area contributed by atoms with E-state index in [0.717, 1.165) is 13.1 Å². The molecule has 0 bridgehead atoms. The third kappa shape index (κ3) is 2.71. The molecule has 0 aliphatic carbocycles. The highest BCUT2D eigenvalue weighted by Crippen LogP contribution is 2.08. The topological polar surface area (TPSA) is 71.2 Å². The van der Waals surface area contributed by atoms with Crippen LogP contribution >= 0.6 is 0 Å². The van der Waals surface area contributed by atoms with E-state index in [1.165, 1.54) is 23.7 Å². The average molecular weight is 274 g/mol. The fourth-order valence-electron chi connectivity index (χ4n) is 2.66. The van der Waals surface area contributed by atoms with Crippen molar-refractivity contribution in [1.29, 1.82) is 0 Å². The van der Waals surface area contributed by atoms with E-state index in [9.17, 15) is 9.90 Å². The second-order valence-corrected chi connectivity index (χ2v) is 5.23. The second-order valence-electron chi connectivity index (χ2n) is 5.23. The van der Waals surface area contributed by atoms with Crippen molar-refractivity contribution < 1.29 is 5.11 Å². The lowest BCUT2D eigenvalue weighted by Gasteiger charge is -2.19. The number of aliphatic hydroxyl groups excluding tert-OH is 1. The number of rotatable bonds is 4. The first-order chi connectivity index (χ1) is 9.74. The highest BCUT2D eigenvalue weighted by Gasteiger charge is 2.17. The van der Waals surface area contributed by atoms with Crippen LogP contribution in [0.25, 0.3) is 11.0 Å². The highest BCUT2D eigenvalue weighted by atomic mass is 16.3. The molecule has 0 amide bonds. The smallest absolute Gasteiger partial charge is 0.279 e. The molecule has 3 rings (SSSR count). The van der Waals surface area contributed by atoms with Gasteiger partial charge in [-0.05, 0) is 38.1 Å². The molecular weight excluding hydrogens is 256 g/mol. The second kappa shape index (κ2) is 5.68. The van der Waals surface area contributed by atoms with E-state index in [0.29, 0.717) is 17.6 Å². The van der Waals surface area contributed by atoms with E-state index < -0.39 is 6.10 Å². The van der Waals surface area contributed by atoms with Gasteiger partial charge in [0.2, 0.25) is 0 Å². The Morgan fingerprint density at radius 2 is 2.05 bits per heavy atom. The molecule has 0 saturated carbocycles. The van der Waals surface area contributed by atoms with Crippen molar-refractivity contribution in [3.05, 3.63) is 35.0 Å². The Bertz CT molecular complexity index is 649. The van der Waals surface area contributed by atoms with Gasteiger partial charge in [-0.2, -0.15) is 0 Å². The lowest BCUT2D eigenvalue weighted by molar-refractivity contribution is 0.108. The summed E-state index contributed by atoms with van der Waals surface area (Å²) in [5.41, 5.74) is 0.738. The van der Waals surface area contributed by atoms with E-state index in [1.807, 2.05) is 0 Å². The predicted octanol–water partition coefficient (Wildman–Crippen LogP) is 0.248. The number of hydrogen-bond acceptors (Lipinski definition) is 5. The van der Waals surface area contributed by atoms with Gasteiger partial charge in [0.05, 0.1) is 24.5 Å². The number of fused-ring (bicyclic) bond motifs is 1. The van der Waals surface area contributed by atoms with E-state index in [4.69, 9.17) is 0 Å². The van der Waals surface area contributed by atoms with Crippen LogP contribution in [0.5, 0.6) is 0 Å². The largest absolute Gasteiger partial charge is 0.390 e. The molecule has 2 aromatic heterocycles. The molecule has 3 heterocycles. The van der Waals surface area contributed by atoms with Crippen molar-refractivity contribution >= 4 is 11.0 Å². The first kappa shape index (κ1) is 13.2. The zero-order valence-electron chi connectivity index (χ0n) is 11.3. The summed E-state index contributed by atoms with van der Waals surface area (Å²) in [6.45, 7) is 2.93.